The summed E-state index contributed by atoms with van der Waals surface area (Å²) in [7, 11) is 0. The maximum atomic E-state index is 13.0. The van der Waals surface area contributed by atoms with E-state index in [0.29, 0.717) is 18.8 Å². The fourth-order valence-corrected chi connectivity index (χ4v) is 3.93. The molecule has 0 unspecified atom stereocenters. The van der Waals surface area contributed by atoms with Crippen LogP contribution in [0.15, 0.2) is 42.9 Å². The van der Waals surface area contributed by atoms with Gasteiger partial charge in [0.1, 0.15) is 5.69 Å². The Morgan fingerprint density at radius 2 is 1.62 bits per heavy atom. The lowest BCUT2D eigenvalue weighted by atomic mass is 9.95. The molecule has 1 aromatic heterocycles. The minimum atomic E-state index is -0.0153. The summed E-state index contributed by atoms with van der Waals surface area (Å²) < 4.78 is 1.82. The van der Waals surface area contributed by atoms with Crippen LogP contribution >= 0.6 is 0 Å². The van der Waals surface area contributed by atoms with Crippen LogP contribution in [0.1, 0.15) is 36.2 Å². The number of benzene rings is 1. The smallest absolute Gasteiger partial charge is 0.272 e. The van der Waals surface area contributed by atoms with Gasteiger partial charge in [0.15, 0.2) is 0 Å². The molecule has 2 saturated heterocycles. The van der Waals surface area contributed by atoms with Gasteiger partial charge in [-0.25, -0.2) is 4.98 Å². The molecule has 136 valence electrons. The van der Waals surface area contributed by atoms with Crippen molar-refractivity contribution in [3.8, 4) is 5.69 Å². The second-order valence-corrected chi connectivity index (χ2v) is 7.08. The molecule has 6 heteroatoms. The maximum Gasteiger partial charge on any atom is 0.272 e. The number of rotatable bonds is 3. The number of hydrogen-bond donors (Lipinski definition) is 0. The van der Waals surface area contributed by atoms with Crippen molar-refractivity contribution in [3.63, 3.8) is 0 Å². The number of likely N-dealkylation sites (tertiary alicyclic amines) is 2. The first kappa shape index (κ1) is 16.8. The number of para-hydroxylation sites is 1. The van der Waals surface area contributed by atoms with E-state index < -0.39 is 0 Å². The lowest BCUT2D eigenvalue weighted by Gasteiger charge is -2.33. The minimum Gasteiger partial charge on any atom is -0.342 e. The van der Waals surface area contributed by atoms with E-state index in [9.17, 15) is 9.59 Å². The van der Waals surface area contributed by atoms with Gasteiger partial charge in [-0.2, -0.15) is 0 Å². The molecule has 2 amide bonds. The molecule has 0 atom stereocenters. The highest BCUT2D eigenvalue weighted by atomic mass is 16.2. The Morgan fingerprint density at radius 3 is 2.31 bits per heavy atom. The third kappa shape index (κ3) is 3.23. The molecule has 2 aromatic rings. The molecule has 0 aliphatic carbocycles. The number of hydrogen-bond acceptors (Lipinski definition) is 3. The standard InChI is InChI=1S/C20H24N4O2/c25-19(22-10-4-5-11-22)16-8-12-23(13-9-16)20(26)18-14-21-15-24(18)17-6-2-1-3-7-17/h1-3,6-7,14-16H,4-5,8-13H2. The van der Waals surface area contributed by atoms with Gasteiger partial charge in [-0.3, -0.25) is 14.2 Å². The Balaban J connectivity index is 1.42. The predicted molar refractivity (Wildman–Crippen MR) is 98.0 cm³/mol. The molecule has 0 saturated carbocycles. The van der Waals surface area contributed by atoms with Crippen molar-refractivity contribution in [2.75, 3.05) is 26.2 Å². The Kier molecular flexibility index (Phi) is 4.73. The number of nitrogens with zero attached hydrogens (tertiary/aromatic N) is 4. The second-order valence-electron chi connectivity index (χ2n) is 7.08. The van der Waals surface area contributed by atoms with Gasteiger partial charge < -0.3 is 9.80 Å². The number of piperidine rings is 1. The van der Waals surface area contributed by atoms with Crippen LogP contribution < -0.4 is 0 Å². The van der Waals surface area contributed by atoms with Gasteiger partial charge in [0.2, 0.25) is 5.91 Å². The minimum absolute atomic E-state index is 0.0153. The molecule has 0 radical (unpaired) electrons. The molecule has 0 bridgehead atoms. The van der Waals surface area contributed by atoms with Crippen molar-refractivity contribution in [3.05, 3.63) is 48.5 Å². The zero-order chi connectivity index (χ0) is 17.9. The Labute approximate surface area is 153 Å². The first-order valence-electron chi connectivity index (χ1n) is 9.40. The molecular formula is C20H24N4O2. The molecule has 0 spiro atoms. The molecule has 6 nitrogen and oxygen atoms in total. The van der Waals surface area contributed by atoms with Crippen LogP contribution in [0, 0.1) is 5.92 Å². The van der Waals surface area contributed by atoms with E-state index >= 15 is 0 Å². The lowest BCUT2D eigenvalue weighted by Crippen LogP contribution is -2.44. The summed E-state index contributed by atoms with van der Waals surface area (Å²) in [5, 5.41) is 0. The summed E-state index contributed by atoms with van der Waals surface area (Å²) in [4.78, 5) is 33.5. The van der Waals surface area contributed by atoms with Crippen molar-refractivity contribution in [2.24, 2.45) is 5.92 Å². The number of aromatic nitrogens is 2. The van der Waals surface area contributed by atoms with Crippen LogP contribution in [0.4, 0.5) is 0 Å². The Morgan fingerprint density at radius 1 is 0.923 bits per heavy atom. The highest BCUT2D eigenvalue weighted by Crippen LogP contribution is 2.23. The van der Waals surface area contributed by atoms with Crippen molar-refractivity contribution < 1.29 is 9.59 Å². The molecule has 26 heavy (non-hydrogen) atoms. The van der Waals surface area contributed by atoms with Gasteiger partial charge in [0.25, 0.3) is 5.91 Å². The van der Waals surface area contributed by atoms with E-state index in [4.69, 9.17) is 0 Å². The Hall–Kier alpha value is -2.63. The summed E-state index contributed by atoms with van der Waals surface area (Å²) in [6, 6.07) is 9.75. The number of amides is 2. The molecule has 2 aliphatic heterocycles. The average Bonchev–Trinajstić information content (AvgIpc) is 3.39. The number of imidazole rings is 1. The van der Waals surface area contributed by atoms with Crippen LogP contribution in [0.5, 0.6) is 0 Å². The van der Waals surface area contributed by atoms with Crippen molar-refractivity contribution in [2.45, 2.75) is 25.7 Å². The quantitative estimate of drug-likeness (QED) is 0.852. The van der Waals surface area contributed by atoms with Crippen molar-refractivity contribution >= 4 is 11.8 Å². The fourth-order valence-electron chi connectivity index (χ4n) is 3.93. The third-order valence-electron chi connectivity index (χ3n) is 5.44. The van der Waals surface area contributed by atoms with Crippen molar-refractivity contribution in [1.29, 1.82) is 0 Å². The summed E-state index contributed by atoms with van der Waals surface area (Å²) in [5.74, 6) is 0.332. The molecule has 0 N–H and O–H groups in total. The normalized spacial score (nSPS) is 18.3. The molecular weight excluding hydrogens is 328 g/mol. The van der Waals surface area contributed by atoms with Gasteiger partial charge in [-0.05, 0) is 37.8 Å². The number of carbonyl (C=O) groups excluding carboxylic acids is 2. The van der Waals surface area contributed by atoms with E-state index in [-0.39, 0.29) is 17.7 Å². The summed E-state index contributed by atoms with van der Waals surface area (Å²) >= 11 is 0. The van der Waals surface area contributed by atoms with E-state index in [0.717, 1.165) is 44.5 Å². The molecule has 1 aromatic carbocycles. The largest absolute Gasteiger partial charge is 0.342 e. The van der Waals surface area contributed by atoms with Crippen LogP contribution in [-0.2, 0) is 4.79 Å². The molecule has 3 heterocycles. The topological polar surface area (TPSA) is 58.4 Å². The van der Waals surface area contributed by atoms with E-state index in [2.05, 4.69) is 4.98 Å². The van der Waals surface area contributed by atoms with Crippen LogP contribution in [-0.4, -0.2) is 57.3 Å². The van der Waals surface area contributed by atoms with Gasteiger partial charge in [-0.15, -0.1) is 0 Å². The highest BCUT2D eigenvalue weighted by molar-refractivity contribution is 5.93. The van der Waals surface area contributed by atoms with Crippen LogP contribution in [0.2, 0.25) is 0 Å². The third-order valence-corrected chi connectivity index (χ3v) is 5.44. The first-order chi connectivity index (χ1) is 12.7. The second kappa shape index (κ2) is 7.32. The van der Waals surface area contributed by atoms with Gasteiger partial charge in [0, 0.05) is 37.8 Å². The van der Waals surface area contributed by atoms with E-state index in [1.165, 1.54) is 0 Å². The maximum absolute atomic E-state index is 13.0. The molecule has 2 fully saturated rings. The van der Waals surface area contributed by atoms with Crippen molar-refractivity contribution in [1.82, 2.24) is 19.4 Å². The van der Waals surface area contributed by atoms with Gasteiger partial charge >= 0.3 is 0 Å². The first-order valence-corrected chi connectivity index (χ1v) is 9.40. The lowest BCUT2D eigenvalue weighted by molar-refractivity contribution is -0.135. The highest BCUT2D eigenvalue weighted by Gasteiger charge is 2.32. The van der Waals surface area contributed by atoms with Crippen LogP contribution in [0.25, 0.3) is 5.69 Å². The SMILES string of the molecule is O=C(c1cncn1-c1ccccc1)N1CCC(C(=O)N2CCCC2)CC1. The molecule has 4 rings (SSSR count). The monoisotopic (exact) mass is 352 g/mol. The molecule has 2 aliphatic rings. The van der Waals surface area contributed by atoms with Gasteiger partial charge in [0.05, 0.1) is 12.5 Å². The van der Waals surface area contributed by atoms with Crippen LogP contribution in [0.3, 0.4) is 0 Å². The van der Waals surface area contributed by atoms with E-state index in [1.807, 2.05) is 44.7 Å². The number of carbonyl (C=O) groups is 2. The zero-order valence-electron chi connectivity index (χ0n) is 14.9. The summed E-state index contributed by atoms with van der Waals surface area (Å²) in [5.41, 5.74) is 1.49. The van der Waals surface area contributed by atoms with Gasteiger partial charge in [-0.1, -0.05) is 18.2 Å². The van der Waals surface area contributed by atoms with E-state index in [1.54, 1.807) is 12.5 Å². The summed E-state index contributed by atoms with van der Waals surface area (Å²) in [6.07, 6.45) is 7.03. The summed E-state index contributed by atoms with van der Waals surface area (Å²) in [6.45, 7) is 3.05. The predicted octanol–water partition coefficient (Wildman–Crippen LogP) is 2.35. The fraction of sp³-hybridized carbons (Fsp3) is 0.450. The average molecular weight is 352 g/mol. The zero-order valence-corrected chi connectivity index (χ0v) is 14.9. The Bertz CT molecular complexity index is 772.